The SMILES string of the molecule is Brc1cnc(N(CC2CCCCN2)C2CC2)nc1. The number of anilines is 1. The zero-order valence-corrected chi connectivity index (χ0v) is 12.1. The number of aromatic nitrogens is 2. The van der Waals surface area contributed by atoms with E-state index in [1.807, 2.05) is 12.4 Å². The average molecular weight is 311 g/mol. The van der Waals surface area contributed by atoms with Crippen molar-refractivity contribution < 1.29 is 0 Å². The molecule has 0 aromatic carbocycles. The van der Waals surface area contributed by atoms with Gasteiger partial charge in [-0.25, -0.2) is 9.97 Å². The Balaban J connectivity index is 1.69. The molecule has 0 spiro atoms. The van der Waals surface area contributed by atoms with Gasteiger partial charge in [-0.05, 0) is 48.2 Å². The standard InChI is InChI=1S/C13H19BrN4/c14-10-7-16-13(17-8-10)18(12-4-5-12)9-11-3-1-2-6-15-11/h7-8,11-12,15H,1-6,9H2. The van der Waals surface area contributed by atoms with Gasteiger partial charge in [0.15, 0.2) is 0 Å². The molecule has 98 valence electrons. The van der Waals surface area contributed by atoms with Gasteiger partial charge in [-0.2, -0.15) is 0 Å². The van der Waals surface area contributed by atoms with Gasteiger partial charge in [-0.15, -0.1) is 0 Å². The summed E-state index contributed by atoms with van der Waals surface area (Å²) in [6, 6.07) is 1.27. The summed E-state index contributed by atoms with van der Waals surface area (Å²) in [7, 11) is 0. The maximum atomic E-state index is 4.45. The highest BCUT2D eigenvalue weighted by atomic mass is 79.9. The van der Waals surface area contributed by atoms with Crippen LogP contribution in [0.2, 0.25) is 0 Å². The molecule has 18 heavy (non-hydrogen) atoms. The Hall–Kier alpha value is -0.680. The second kappa shape index (κ2) is 5.53. The quantitative estimate of drug-likeness (QED) is 0.927. The molecule has 1 N–H and O–H groups in total. The summed E-state index contributed by atoms with van der Waals surface area (Å²) in [4.78, 5) is 11.3. The van der Waals surface area contributed by atoms with E-state index in [4.69, 9.17) is 0 Å². The van der Waals surface area contributed by atoms with Crippen LogP contribution in [-0.4, -0.2) is 35.1 Å². The average Bonchev–Trinajstić information content (AvgIpc) is 3.23. The molecular formula is C13H19BrN4. The molecular weight excluding hydrogens is 292 g/mol. The van der Waals surface area contributed by atoms with E-state index in [0.717, 1.165) is 23.5 Å². The van der Waals surface area contributed by atoms with Crippen LogP contribution >= 0.6 is 15.9 Å². The zero-order chi connectivity index (χ0) is 12.4. The first-order valence-corrected chi connectivity index (χ1v) is 7.60. The number of rotatable bonds is 4. The Morgan fingerprint density at radius 2 is 2.00 bits per heavy atom. The Kier molecular flexibility index (Phi) is 3.80. The summed E-state index contributed by atoms with van der Waals surface area (Å²) in [6.45, 7) is 2.21. The van der Waals surface area contributed by atoms with Gasteiger partial charge in [-0.3, -0.25) is 0 Å². The first-order valence-electron chi connectivity index (χ1n) is 6.80. The summed E-state index contributed by atoms with van der Waals surface area (Å²) in [6.07, 6.45) is 10.2. The van der Waals surface area contributed by atoms with E-state index in [9.17, 15) is 0 Å². The number of nitrogens with zero attached hydrogens (tertiary/aromatic N) is 3. The van der Waals surface area contributed by atoms with Crippen molar-refractivity contribution in [3.05, 3.63) is 16.9 Å². The maximum Gasteiger partial charge on any atom is 0.225 e. The van der Waals surface area contributed by atoms with E-state index in [0.29, 0.717) is 12.1 Å². The molecule has 2 heterocycles. The number of nitrogens with one attached hydrogen (secondary N) is 1. The van der Waals surface area contributed by atoms with E-state index in [2.05, 4.69) is 36.1 Å². The Morgan fingerprint density at radius 3 is 2.61 bits per heavy atom. The number of hydrogen-bond donors (Lipinski definition) is 1. The molecule has 3 rings (SSSR count). The monoisotopic (exact) mass is 310 g/mol. The molecule has 1 aromatic heterocycles. The predicted molar refractivity (Wildman–Crippen MR) is 75.7 cm³/mol. The summed E-state index contributed by atoms with van der Waals surface area (Å²) in [5.41, 5.74) is 0. The van der Waals surface area contributed by atoms with Crippen LogP contribution in [0.25, 0.3) is 0 Å². The lowest BCUT2D eigenvalue weighted by molar-refractivity contribution is 0.397. The highest BCUT2D eigenvalue weighted by molar-refractivity contribution is 9.10. The van der Waals surface area contributed by atoms with Crippen molar-refractivity contribution >= 4 is 21.9 Å². The predicted octanol–water partition coefficient (Wildman–Crippen LogP) is 2.35. The third-order valence-corrected chi connectivity index (χ3v) is 4.09. The second-order valence-corrected chi connectivity index (χ2v) is 6.15. The first-order chi connectivity index (χ1) is 8.83. The van der Waals surface area contributed by atoms with Crippen LogP contribution in [-0.2, 0) is 0 Å². The van der Waals surface area contributed by atoms with Crippen LogP contribution in [0.15, 0.2) is 16.9 Å². The summed E-state index contributed by atoms with van der Waals surface area (Å²) >= 11 is 3.39. The molecule has 0 radical (unpaired) electrons. The van der Waals surface area contributed by atoms with E-state index >= 15 is 0 Å². The van der Waals surface area contributed by atoms with Gasteiger partial charge >= 0.3 is 0 Å². The fourth-order valence-corrected chi connectivity index (χ4v) is 2.76. The Bertz CT molecular complexity index is 384. The normalized spacial score (nSPS) is 23.9. The van der Waals surface area contributed by atoms with Crippen molar-refractivity contribution in [3.63, 3.8) is 0 Å². The molecule has 1 atom stereocenters. The van der Waals surface area contributed by atoms with Gasteiger partial charge in [-0.1, -0.05) is 6.42 Å². The Morgan fingerprint density at radius 1 is 1.22 bits per heavy atom. The molecule has 2 aliphatic rings. The molecule has 4 nitrogen and oxygen atoms in total. The fraction of sp³-hybridized carbons (Fsp3) is 0.692. The summed E-state index contributed by atoms with van der Waals surface area (Å²) in [5, 5.41) is 3.61. The number of hydrogen-bond acceptors (Lipinski definition) is 4. The second-order valence-electron chi connectivity index (χ2n) is 5.23. The largest absolute Gasteiger partial charge is 0.336 e. The molecule has 1 aromatic rings. The smallest absolute Gasteiger partial charge is 0.225 e. The third kappa shape index (κ3) is 3.01. The van der Waals surface area contributed by atoms with Crippen molar-refractivity contribution in [1.82, 2.24) is 15.3 Å². The molecule has 2 fully saturated rings. The lowest BCUT2D eigenvalue weighted by Gasteiger charge is -2.30. The molecule has 1 aliphatic heterocycles. The van der Waals surface area contributed by atoms with E-state index < -0.39 is 0 Å². The molecule has 1 saturated heterocycles. The van der Waals surface area contributed by atoms with E-state index in [1.165, 1.54) is 32.1 Å². The highest BCUT2D eigenvalue weighted by Crippen LogP contribution is 2.30. The minimum Gasteiger partial charge on any atom is -0.336 e. The van der Waals surface area contributed by atoms with Gasteiger partial charge in [0, 0.05) is 31.0 Å². The van der Waals surface area contributed by atoms with Gasteiger partial charge in [0.25, 0.3) is 0 Å². The van der Waals surface area contributed by atoms with Crippen LogP contribution in [0.1, 0.15) is 32.1 Å². The van der Waals surface area contributed by atoms with Crippen molar-refractivity contribution in [2.75, 3.05) is 18.0 Å². The number of halogens is 1. The van der Waals surface area contributed by atoms with E-state index in [-0.39, 0.29) is 0 Å². The molecule has 0 amide bonds. The zero-order valence-electron chi connectivity index (χ0n) is 10.5. The summed E-state index contributed by atoms with van der Waals surface area (Å²) < 4.78 is 0.942. The van der Waals surface area contributed by atoms with Crippen LogP contribution in [0.5, 0.6) is 0 Å². The van der Waals surface area contributed by atoms with Crippen molar-refractivity contribution in [3.8, 4) is 0 Å². The van der Waals surface area contributed by atoms with E-state index in [1.54, 1.807) is 0 Å². The lowest BCUT2D eigenvalue weighted by Crippen LogP contribution is -2.45. The topological polar surface area (TPSA) is 41.1 Å². The van der Waals surface area contributed by atoms with Crippen molar-refractivity contribution in [2.24, 2.45) is 0 Å². The van der Waals surface area contributed by atoms with Gasteiger partial charge in [0.2, 0.25) is 5.95 Å². The minimum absolute atomic E-state index is 0.603. The van der Waals surface area contributed by atoms with Crippen LogP contribution in [0.3, 0.4) is 0 Å². The minimum atomic E-state index is 0.603. The summed E-state index contributed by atoms with van der Waals surface area (Å²) in [5.74, 6) is 0.882. The van der Waals surface area contributed by atoms with Crippen LogP contribution in [0.4, 0.5) is 5.95 Å². The number of piperidine rings is 1. The third-order valence-electron chi connectivity index (χ3n) is 3.68. The first kappa shape index (κ1) is 12.4. The lowest BCUT2D eigenvalue weighted by atomic mass is 10.0. The van der Waals surface area contributed by atoms with Crippen LogP contribution < -0.4 is 10.2 Å². The van der Waals surface area contributed by atoms with Crippen molar-refractivity contribution in [1.29, 1.82) is 0 Å². The van der Waals surface area contributed by atoms with Crippen LogP contribution in [0, 0.1) is 0 Å². The van der Waals surface area contributed by atoms with Crippen molar-refractivity contribution in [2.45, 2.75) is 44.2 Å². The van der Waals surface area contributed by atoms with Gasteiger partial charge in [0.1, 0.15) is 0 Å². The van der Waals surface area contributed by atoms with Gasteiger partial charge < -0.3 is 10.2 Å². The molecule has 0 bridgehead atoms. The molecule has 1 saturated carbocycles. The molecule has 1 unspecified atom stereocenters. The maximum absolute atomic E-state index is 4.45. The molecule has 1 aliphatic carbocycles. The fourth-order valence-electron chi connectivity index (χ4n) is 2.55. The highest BCUT2D eigenvalue weighted by Gasteiger charge is 2.32. The van der Waals surface area contributed by atoms with Gasteiger partial charge in [0.05, 0.1) is 4.47 Å². The molecule has 5 heteroatoms. The Labute approximate surface area is 116 Å².